The highest BCUT2D eigenvalue weighted by atomic mass is 16.5. The third-order valence-electron chi connectivity index (χ3n) is 3.37. The van der Waals surface area contributed by atoms with Gasteiger partial charge >= 0.3 is 5.97 Å². The van der Waals surface area contributed by atoms with E-state index in [9.17, 15) is 4.79 Å². The number of esters is 1. The van der Waals surface area contributed by atoms with Gasteiger partial charge in [0.25, 0.3) is 0 Å². The molecule has 0 aromatic heterocycles. The second kappa shape index (κ2) is 9.22. The Morgan fingerprint density at radius 2 is 1.86 bits per heavy atom. The predicted octanol–water partition coefficient (Wildman–Crippen LogP) is 4.62. The van der Waals surface area contributed by atoms with Gasteiger partial charge in [0.15, 0.2) is 0 Å². The lowest BCUT2D eigenvalue weighted by Gasteiger charge is -2.11. The SMILES string of the molecule is COC(=O)c1ccc(OCC[C@@H](C)CCC=C(C)C)cc1. The van der Waals surface area contributed by atoms with Crippen LogP contribution in [0, 0.1) is 5.92 Å². The maximum atomic E-state index is 11.3. The lowest BCUT2D eigenvalue weighted by molar-refractivity contribution is 0.0600. The first-order valence-corrected chi connectivity index (χ1v) is 7.47. The molecule has 21 heavy (non-hydrogen) atoms. The minimum Gasteiger partial charge on any atom is -0.494 e. The highest BCUT2D eigenvalue weighted by Crippen LogP contribution is 2.16. The van der Waals surface area contributed by atoms with Crippen molar-refractivity contribution in [2.75, 3.05) is 13.7 Å². The summed E-state index contributed by atoms with van der Waals surface area (Å²) in [5.74, 6) is 1.11. The Labute approximate surface area is 128 Å². The van der Waals surface area contributed by atoms with E-state index in [1.165, 1.54) is 19.1 Å². The van der Waals surface area contributed by atoms with E-state index in [1.54, 1.807) is 24.3 Å². The van der Waals surface area contributed by atoms with Crippen LogP contribution in [-0.4, -0.2) is 19.7 Å². The van der Waals surface area contributed by atoms with Gasteiger partial charge in [0.1, 0.15) is 5.75 Å². The van der Waals surface area contributed by atoms with Crippen molar-refractivity contribution < 1.29 is 14.3 Å². The zero-order chi connectivity index (χ0) is 15.7. The van der Waals surface area contributed by atoms with E-state index in [1.807, 2.05) is 0 Å². The fraction of sp³-hybridized carbons (Fsp3) is 0.500. The molecule has 0 bridgehead atoms. The molecule has 0 aliphatic rings. The quantitative estimate of drug-likeness (QED) is 0.517. The topological polar surface area (TPSA) is 35.5 Å². The molecular weight excluding hydrogens is 264 g/mol. The van der Waals surface area contributed by atoms with Gasteiger partial charge in [-0.05, 0) is 63.3 Å². The molecule has 0 saturated heterocycles. The van der Waals surface area contributed by atoms with Crippen molar-refractivity contribution in [1.82, 2.24) is 0 Å². The van der Waals surface area contributed by atoms with Gasteiger partial charge in [-0.15, -0.1) is 0 Å². The lowest BCUT2D eigenvalue weighted by Crippen LogP contribution is -2.05. The molecule has 0 saturated carbocycles. The van der Waals surface area contributed by atoms with Crippen molar-refractivity contribution in [3.05, 3.63) is 41.5 Å². The average molecular weight is 290 g/mol. The Morgan fingerprint density at radius 3 is 2.43 bits per heavy atom. The van der Waals surface area contributed by atoms with Crippen LogP contribution in [0.3, 0.4) is 0 Å². The van der Waals surface area contributed by atoms with Crippen LogP contribution in [0.25, 0.3) is 0 Å². The third-order valence-corrected chi connectivity index (χ3v) is 3.37. The van der Waals surface area contributed by atoms with Crippen LogP contribution in [0.15, 0.2) is 35.9 Å². The molecule has 3 nitrogen and oxygen atoms in total. The molecule has 0 heterocycles. The van der Waals surface area contributed by atoms with Crippen molar-refractivity contribution in [1.29, 1.82) is 0 Å². The summed E-state index contributed by atoms with van der Waals surface area (Å²) in [6.45, 7) is 7.22. The predicted molar refractivity (Wildman–Crippen MR) is 85.7 cm³/mol. The van der Waals surface area contributed by atoms with Gasteiger partial charge in [0.05, 0.1) is 19.3 Å². The lowest BCUT2D eigenvalue weighted by atomic mass is 10.0. The number of hydrogen-bond donors (Lipinski definition) is 0. The van der Waals surface area contributed by atoms with E-state index < -0.39 is 0 Å². The molecule has 0 spiro atoms. The molecule has 0 aliphatic carbocycles. The molecule has 3 heteroatoms. The number of rotatable bonds is 8. The standard InChI is InChI=1S/C18H26O3/c1-14(2)6-5-7-15(3)12-13-21-17-10-8-16(9-11-17)18(19)20-4/h6,8-11,15H,5,7,12-13H2,1-4H3/t15-/m0/s1. The van der Waals surface area contributed by atoms with Gasteiger partial charge in [-0.3, -0.25) is 0 Å². The van der Waals surface area contributed by atoms with Crippen molar-refractivity contribution in [2.24, 2.45) is 5.92 Å². The van der Waals surface area contributed by atoms with Gasteiger partial charge in [-0.2, -0.15) is 0 Å². The molecule has 0 amide bonds. The number of carbonyl (C=O) groups excluding carboxylic acids is 1. The van der Waals surface area contributed by atoms with Crippen LogP contribution in [-0.2, 0) is 4.74 Å². The molecule has 0 fully saturated rings. The fourth-order valence-electron chi connectivity index (χ4n) is 1.98. The molecule has 0 aliphatic heterocycles. The van der Waals surface area contributed by atoms with E-state index in [-0.39, 0.29) is 5.97 Å². The van der Waals surface area contributed by atoms with Crippen LogP contribution >= 0.6 is 0 Å². The second-order valence-corrected chi connectivity index (χ2v) is 5.62. The molecule has 1 rings (SSSR count). The largest absolute Gasteiger partial charge is 0.494 e. The molecule has 1 aromatic carbocycles. The first-order chi connectivity index (χ1) is 10.0. The third kappa shape index (κ3) is 6.98. The molecule has 0 N–H and O–H groups in total. The maximum absolute atomic E-state index is 11.3. The Morgan fingerprint density at radius 1 is 1.19 bits per heavy atom. The average Bonchev–Trinajstić information content (AvgIpc) is 2.46. The maximum Gasteiger partial charge on any atom is 0.337 e. The highest BCUT2D eigenvalue weighted by Gasteiger charge is 2.05. The molecule has 116 valence electrons. The van der Waals surface area contributed by atoms with Gasteiger partial charge in [-0.1, -0.05) is 18.6 Å². The summed E-state index contributed by atoms with van der Waals surface area (Å²) < 4.78 is 10.4. The molecule has 1 atom stereocenters. The minimum atomic E-state index is -0.325. The van der Waals surface area contributed by atoms with Crippen molar-refractivity contribution in [3.8, 4) is 5.75 Å². The highest BCUT2D eigenvalue weighted by molar-refractivity contribution is 5.89. The van der Waals surface area contributed by atoms with E-state index in [0.29, 0.717) is 18.1 Å². The molecule has 0 unspecified atom stereocenters. The monoisotopic (exact) mass is 290 g/mol. The second-order valence-electron chi connectivity index (χ2n) is 5.62. The van der Waals surface area contributed by atoms with Crippen molar-refractivity contribution in [2.45, 2.75) is 40.0 Å². The van der Waals surface area contributed by atoms with Gasteiger partial charge in [0, 0.05) is 0 Å². The number of allylic oxidation sites excluding steroid dienone is 2. The zero-order valence-electron chi connectivity index (χ0n) is 13.5. The van der Waals surface area contributed by atoms with E-state index >= 15 is 0 Å². The summed E-state index contributed by atoms with van der Waals surface area (Å²) in [7, 11) is 1.38. The minimum absolute atomic E-state index is 0.325. The van der Waals surface area contributed by atoms with Crippen LogP contribution in [0.2, 0.25) is 0 Å². The summed E-state index contributed by atoms with van der Waals surface area (Å²) in [6, 6.07) is 7.05. The summed E-state index contributed by atoms with van der Waals surface area (Å²) in [5.41, 5.74) is 1.92. The van der Waals surface area contributed by atoms with E-state index in [2.05, 4.69) is 31.6 Å². The summed E-state index contributed by atoms with van der Waals surface area (Å²) >= 11 is 0. The molecule has 0 radical (unpaired) electrons. The normalized spacial score (nSPS) is 11.6. The number of ether oxygens (including phenoxy) is 2. The number of hydrogen-bond acceptors (Lipinski definition) is 3. The van der Waals surface area contributed by atoms with Crippen LogP contribution in [0.1, 0.15) is 50.4 Å². The smallest absolute Gasteiger partial charge is 0.337 e. The zero-order valence-corrected chi connectivity index (χ0v) is 13.5. The molecular formula is C18H26O3. The van der Waals surface area contributed by atoms with E-state index in [4.69, 9.17) is 4.74 Å². The summed E-state index contributed by atoms with van der Waals surface area (Å²) in [4.78, 5) is 11.3. The van der Waals surface area contributed by atoms with Gasteiger partial charge < -0.3 is 9.47 Å². The number of carbonyl (C=O) groups is 1. The summed E-state index contributed by atoms with van der Waals surface area (Å²) in [6.07, 6.45) is 5.64. The first-order valence-electron chi connectivity index (χ1n) is 7.47. The fourth-order valence-corrected chi connectivity index (χ4v) is 1.98. The number of benzene rings is 1. The Bertz CT molecular complexity index is 456. The van der Waals surface area contributed by atoms with Gasteiger partial charge in [-0.25, -0.2) is 4.79 Å². The number of methoxy groups -OCH3 is 1. The van der Waals surface area contributed by atoms with Crippen LogP contribution in [0.5, 0.6) is 5.75 Å². The van der Waals surface area contributed by atoms with Crippen molar-refractivity contribution >= 4 is 5.97 Å². The van der Waals surface area contributed by atoms with Crippen molar-refractivity contribution in [3.63, 3.8) is 0 Å². The summed E-state index contributed by atoms with van der Waals surface area (Å²) in [5, 5.41) is 0. The first kappa shape index (κ1) is 17.3. The van der Waals surface area contributed by atoms with Gasteiger partial charge in [0.2, 0.25) is 0 Å². The van der Waals surface area contributed by atoms with E-state index in [0.717, 1.165) is 18.6 Å². The van der Waals surface area contributed by atoms with Crippen LogP contribution < -0.4 is 4.74 Å². The Kier molecular flexibility index (Phi) is 7.59. The Hall–Kier alpha value is -1.77. The molecule has 1 aromatic rings. The Balaban J connectivity index is 2.29. The van der Waals surface area contributed by atoms with Crippen LogP contribution in [0.4, 0.5) is 0 Å².